The van der Waals surface area contributed by atoms with Crippen molar-refractivity contribution in [1.29, 1.82) is 0 Å². The van der Waals surface area contributed by atoms with Gasteiger partial charge in [-0.1, -0.05) is 72.4 Å². The maximum absolute atomic E-state index is 13.5. The lowest BCUT2D eigenvalue weighted by Crippen LogP contribution is -2.09. The molecule has 0 bridgehead atoms. The second-order valence-corrected chi connectivity index (χ2v) is 9.57. The predicted molar refractivity (Wildman–Crippen MR) is 143 cm³/mol. The fourth-order valence-electron chi connectivity index (χ4n) is 3.88. The van der Waals surface area contributed by atoms with Crippen molar-refractivity contribution in [2.24, 2.45) is 0 Å². The van der Waals surface area contributed by atoms with Crippen molar-refractivity contribution in [2.45, 2.75) is 29.1 Å². The Labute approximate surface area is 222 Å². The topological polar surface area (TPSA) is 63.6 Å². The molecule has 0 fully saturated rings. The van der Waals surface area contributed by atoms with Crippen molar-refractivity contribution in [1.82, 2.24) is 20.2 Å². The lowest BCUT2D eigenvalue weighted by Gasteiger charge is -2.15. The molecule has 3 aromatic carbocycles. The lowest BCUT2D eigenvalue weighted by atomic mass is 10.0. The smallest absolute Gasteiger partial charge is 0.348 e. The van der Waals surface area contributed by atoms with Gasteiger partial charge in [0.15, 0.2) is 0 Å². The van der Waals surface area contributed by atoms with Gasteiger partial charge in [-0.05, 0) is 48.9 Å². The maximum Gasteiger partial charge on any atom is 0.416 e. The highest BCUT2D eigenvalue weighted by Gasteiger charge is 2.31. The SMILES string of the molecule is C[C@H](Nc1nccc(-c2cc(Sc3ccccc3)nnc2-c2cccc(C(F)(F)F)c2)n1)c1ccccc1. The van der Waals surface area contributed by atoms with Gasteiger partial charge < -0.3 is 5.32 Å². The Morgan fingerprint density at radius 3 is 2.29 bits per heavy atom. The first-order valence-electron chi connectivity index (χ1n) is 11.8. The number of aromatic nitrogens is 4. The van der Waals surface area contributed by atoms with Gasteiger partial charge in [-0.3, -0.25) is 0 Å². The van der Waals surface area contributed by atoms with E-state index in [0.717, 1.165) is 22.6 Å². The van der Waals surface area contributed by atoms with E-state index >= 15 is 0 Å². The van der Waals surface area contributed by atoms with Crippen LogP contribution in [0.2, 0.25) is 0 Å². The third-order valence-corrected chi connectivity index (χ3v) is 6.69. The standard InChI is InChI=1S/C29H22F3N5S/c1-19(20-9-4-2-5-10-20)34-28-33-16-15-25(35-28)24-18-26(38-23-13-6-3-7-14-23)36-37-27(24)21-11-8-12-22(17-21)29(30,31)32/h2-19H,1H3,(H,33,34,35)/t19-/m0/s1. The van der Waals surface area contributed by atoms with Crippen LogP contribution >= 0.6 is 11.8 Å². The molecule has 0 radical (unpaired) electrons. The molecule has 1 N–H and O–H groups in total. The molecule has 0 saturated carbocycles. The number of rotatable bonds is 7. The van der Waals surface area contributed by atoms with E-state index in [-0.39, 0.29) is 6.04 Å². The Kier molecular flexibility index (Phi) is 7.37. The number of benzene rings is 3. The highest BCUT2D eigenvalue weighted by molar-refractivity contribution is 7.99. The minimum Gasteiger partial charge on any atom is -0.348 e. The summed E-state index contributed by atoms with van der Waals surface area (Å²) in [4.78, 5) is 10.0. The van der Waals surface area contributed by atoms with Gasteiger partial charge in [0.2, 0.25) is 5.95 Å². The van der Waals surface area contributed by atoms with Gasteiger partial charge >= 0.3 is 6.18 Å². The summed E-state index contributed by atoms with van der Waals surface area (Å²) in [6, 6.07) is 28.1. The molecule has 0 spiro atoms. The minimum atomic E-state index is -4.48. The van der Waals surface area contributed by atoms with Crippen LogP contribution in [0, 0.1) is 0 Å². The second kappa shape index (κ2) is 11.0. The molecule has 1 atom stereocenters. The molecule has 0 amide bonds. The zero-order valence-electron chi connectivity index (χ0n) is 20.2. The third-order valence-electron chi connectivity index (χ3n) is 5.78. The summed E-state index contributed by atoms with van der Waals surface area (Å²) in [5.74, 6) is 0.392. The zero-order valence-corrected chi connectivity index (χ0v) is 21.0. The molecule has 0 unspecified atom stereocenters. The number of hydrogen-bond donors (Lipinski definition) is 1. The van der Waals surface area contributed by atoms with Crippen LogP contribution in [0.5, 0.6) is 0 Å². The first-order valence-corrected chi connectivity index (χ1v) is 12.6. The van der Waals surface area contributed by atoms with Gasteiger partial charge in [-0.15, -0.1) is 10.2 Å². The first-order chi connectivity index (χ1) is 18.4. The Morgan fingerprint density at radius 1 is 0.816 bits per heavy atom. The van der Waals surface area contributed by atoms with Crippen LogP contribution < -0.4 is 5.32 Å². The maximum atomic E-state index is 13.5. The van der Waals surface area contributed by atoms with Gasteiger partial charge in [0.05, 0.1) is 17.3 Å². The van der Waals surface area contributed by atoms with Crippen molar-refractivity contribution in [3.63, 3.8) is 0 Å². The number of nitrogens with one attached hydrogen (secondary N) is 1. The zero-order chi connectivity index (χ0) is 26.5. The molecular formula is C29H22F3N5S. The molecular weight excluding hydrogens is 507 g/mol. The molecule has 2 heterocycles. The van der Waals surface area contributed by atoms with Crippen LogP contribution in [0.3, 0.4) is 0 Å². The van der Waals surface area contributed by atoms with E-state index in [4.69, 9.17) is 4.98 Å². The van der Waals surface area contributed by atoms with E-state index in [2.05, 4.69) is 20.5 Å². The fourth-order valence-corrected chi connectivity index (χ4v) is 4.67. The summed E-state index contributed by atoms with van der Waals surface area (Å²) in [6.07, 6.45) is -2.87. The van der Waals surface area contributed by atoms with Gasteiger partial charge in [0.1, 0.15) is 10.7 Å². The average Bonchev–Trinajstić information content (AvgIpc) is 2.94. The normalized spacial score (nSPS) is 12.2. The number of nitrogens with zero attached hydrogens (tertiary/aromatic N) is 4. The number of alkyl halides is 3. The molecule has 5 rings (SSSR count). The van der Waals surface area contributed by atoms with E-state index in [0.29, 0.717) is 33.5 Å². The van der Waals surface area contributed by atoms with Crippen molar-refractivity contribution in [3.8, 4) is 22.5 Å². The molecule has 2 aromatic heterocycles. The molecule has 9 heteroatoms. The molecule has 5 nitrogen and oxygen atoms in total. The highest BCUT2D eigenvalue weighted by Crippen LogP contribution is 2.37. The van der Waals surface area contributed by atoms with Gasteiger partial charge in [-0.25, -0.2) is 9.97 Å². The Hall–Kier alpha value is -4.24. The molecule has 0 aliphatic rings. The van der Waals surface area contributed by atoms with Gasteiger partial charge in [0, 0.05) is 22.2 Å². The van der Waals surface area contributed by atoms with Crippen molar-refractivity contribution >= 4 is 17.7 Å². The van der Waals surface area contributed by atoms with Crippen LogP contribution in [0.25, 0.3) is 22.5 Å². The second-order valence-electron chi connectivity index (χ2n) is 8.48. The Bertz CT molecular complexity index is 1530. The number of halogens is 3. The third kappa shape index (κ3) is 6.00. The average molecular weight is 530 g/mol. The summed E-state index contributed by atoms with van der Waals surface area (Å²) >= 11 is 1.41. The summed E-state index contributed by atoms with van der Waals surface area (Å²) in [6.45, 7) is 2.00. The van der Waals surface area contributed by atoms with Crippen LogP contribution in [0.15, 0.2) is 113 Å². The molecule has 0 aliphatic heterocycles. The molecule has 0 saturated heterocycles. The Morgan fingerprint density at radius 2 is 1.55 bits per heavy atom. The number of hydrogen-bond acceptors (Lipinski definition) is 6. The van der Waals surface area contributed by atoms with E-state index in [9.17, 15) is 13.2 Å². The highest BCUT2D eigenvalue weighted by atomic mass is 32.2. The Balaban J connectivity index is 1.56. The van der Waals surface area contributed by atoms with E-state index < -0.39 is 11.7 Å². The predicted octanol–water partition coefficient (Wildman–Crippen LogP) is 7.94. The van der Waals surface area contributed by atoms with Gasteiger partial charge in [-0.2, -0.15) is 13.2 Å². The van der Waals surface area contributed by atoms with Crippen LogP contribution in [0.4, 0.5) is 19.1 Å². The molecule has 0 aliphatic carbocycles. The molecule has 190 valence electrons. The van der Waals surface area contributed by atoms with Crippen LogP contribution in [-0.4, -0.2) is 20.2 Å². The van der Waals surface area contributed by atoms with E-state index in [1.165, 1.54) is 17.8 Å². The van der Waals surface area contributed by atoms with Crippen molar-refractivity contribution < 1.29 is 13.2 Å². The van der Waals surface area contributed by atoms with Crippen molar-refractivity contribution in [2.75, 3.05) is 5.32 Å². The quantitative estimate of drug-likeness (QED) is 0.231. The van der Waals surface area contributed by atoms with Crippen LogP contribution in [-0.2, 0) is 6.18 Å². The van der Waals surface area contributed by atoms with Gasteiger partial charge in [0.25, 0.3) is 0 Å². The van der Waals surface area contributed by atoms with Crippen molar-refractivity contribution in [3.05, 3.63) is 114 Å². The van der Waals surface area contributed by atoms with E-state index in [1.54, 1.807) is 24.4 Å². The summed E-state index contributed by atoms with van der Waals surface area (Å²) in [5.41, 5.74) is 1.97. The fraction of sp³-hybridized carbons (Fsp3) is 0.103. The first kappa shape index (κ1) is 25.4. The van der Waals surface area contributed by atoms with E-state index in [1.807, 2.05) is 67.6 Å². The number of anilines is 1. The monoisotopic (exact) mass is 529 g/mol. The minimum absolute atomic E-state index is 0.0610. The molecule has 5 aromatic rings. The molecule has 38 heavy (non-hydrogen) atoms. The largest absolute Gasteiger partial charge is 0.416 e. The summed E-state index contributed by atoms with van der Waals surface area (Å²) in [7, 11) is 0. The summed E-state index contributed by atoms with van der Waals surface area (Å²) in [5, 5.41) is 12.6. The summed E-state index contributed by atoms with van der Waals surface area (Å²) < 4.78 is 40.4. The van der Waals surface area contributed by atoms with Crippen LogP contribution in [0.1, 0.15) is 24.1 Å². The lowest BCUT2D eigenvalue weighted by molar-refractivity contribution is -0.137.